The molecule has 1 heterocycles. The number of aryl methyl sites for hydroxylation is 1. The number of pyridine rings is 1. The molecule has 4 heteroatoms. The number of carbonyl (C=O) groups excluding carboxylic acids is 2. The van der Waals surface area contributed by atoms with Crippen LogP contribution in [0, 0.1) is 0 Å². The summed E-state index contributed by atoms with van der Waals surface area (Å²) in [5.74, 6) is -0.444. The van der Waals surface area contributed by atoms with Crippen molar-refractivity contribution in [2.75, 3.05) is 0 Å². The van der Waals surface area contributed by atoms with Crippen molar-refractivity contribution < 1.29 is 9.59 Å². The highest BCUT2D eigenvalue weighted by Gasteiger charge is 2.19. The first-order valence-electron chi connectivity index (χ1n) is 4.51. The maximum absolute atomic E-state index is 11.4. The second-order valence-corrected chi connectivity index (χ2v) is 3.33. The first kappa shape index (κ1) is 8.87. The first-order valence-corrected chi connectivity index (χ1v) is 4.51. The fraction of sp³-hybridized carbons (Fsp3) is 0.300. The van der Waals surface area contributed by atoms with E-state index in [1.807, 2.05) is 0 Å². The molecule has 1 aliphatic rings. The van der Waals surface area contributed by atoms with E-state index in [-0.39, 0.29) is 11.5 Å². The van der Waals surface area contributed by atoms with Crippen LogP contribution in [0.2, 0.25) is 0 Å². The molecule has 4 nitrogen and oxygen atoms in total. The lowest BCUT2D eigenvalue weighted by atomic mass is 9.94. The number of rotatable bonds is 1. The van der Waals surface area contributed by atoms with Gasteiger partial charge in [0.2, 0.25) is 0 Å². The largest absolute Gasteiger partial charge is 0.364 e. The average molecular weight is 190 g/mol. The van der Waals surface area contributed by atoms with Crippen LogP contribution in [0.25, 0.3) is 0 Å². The van der Waals surface area contributed by atoms with Crippen LogP contribution in [0.3, 0.4) is 0 Å². The molecule has 0 unspecified atom stereocenters. The van der Waals surface area contributed by atoms with E-state index < -0.39 is 5.91 Å². The summed E-state index contributed by atoms with van der Waals surface area (Å²) < 4.78 is 0. The standard InChI is InChI=1S/C10H10N2O2/c11-10(14)8-5-4-6-7(12-8)2-1-3-9(6)13/h4-5H,1-3H2,(H2,11,14). The van der Waals surface area contributed by atoms with E-state index in [0.717, 1.165) is 12.8 Å². The maximum Gasteiger partial charge on any atom is 0.267 e. The molecule has 1 amide bonds. The van der Waals surface area contributed by atoms with E-state index in [1.54, 1.807) is 6.07 Å². The van der Waals surface area contributed by atoms with Crippen molar-refractivity contribution in [3.63, 3.8) is 0 Å². The predicted octanol–water partition coefficient (Wildman–Crippen LogP) is 0.700. The molecular formula is C10H10N2O2. The van der Waals surface area contributed by atoms with Crippen LogP contribution in [0.5, 0.6) is 0 Å². The van der Waals surface area contributed by atoms with Gasteiger partial charge in [-0.3, -0.25) is 9.59 Å². The summed E-state index contributed by atoms with van der Waals surface area (Å²) in [6.07, 6.45) is 2.13. The Labute approximate surface area is 81.1 Å². The van der Waals surface area contributed by atoms with Crippen LogP contribution in [0.1, 0.15) is 39.4 Å². The zero-order valence-electron chi connectivity index (χ0n) is 7.62. The quantitative estimate of drug-likeness (QED) is 0.708. The average Bonchev–Trinajstić information content (AvgIpc) is 2.17. The Morgan fingerprint density at radius 3 is 2.86 bits per heavy atom. The number of primary amides is 1. The van der Waals surface area contributed by atoms with Gasteiger partial charge in [-0.15, -0.1) is 0 Å². The van der Waals surface area contributed by atoms with Crippen molar-refractivity contribution in [2.45, 2.75) is 19.3 Å². The molecule has 0 aromatic carbocycles. The molecule has 1 aromatic heterocycles. The molecule has 0 atom stereocenters. The van der Waals surface area contributed by atoms with E-state index in [2.05, 4.69) is 4.98 Å². The molecule has 1 aromatic rings. The van der Waals surface area contributed by atoms with Gasteiger partial charge in [0, 0.05) is 12.0 Å². The van der Waals surface area contributed by atoms with Crippen LogP contribution in [-0.4, -0.2) is 16.7 Å². The molecule has 0 aliphatic heterocycles. The van der Waals surface area contributed by atoms with Crippen LogP contribution in [0.4, 0.5) is 0 Å². The number of hydrogen-bond donors (Lipinski definition) is 1. The summed E-state index contributed by atoms with van der Waals surface area (Å²) in [5, 5.41) is 0. The number of amides is 1. The zero-order valence-corrected chi connectivity index (χ0v) is 7.62. The molecule has 0 fully saturated rings. The third kappa shape index (κ3) is 1.39. The molecule has 1 aliphatic carbocycles. The minimum atomic E-state index is -0.550. The number of aromatic nitrogens is 1. The Bertz CT molecular complexity index is 413. The Hall–Kier alpha value is -1.71. The lowest BCUT2D eigenvalue weighted by Gasteiger charge is -2.13. The smallest absolute Gasteiger partial charge is 0.267 e. The molecule has 0 saturated carbocycles. The summed E-state index contributed by atoms with van der Waals surface area (Å²) in [5.41, 5.74) is 6.68. The Morgan fingerprint density at radius 1 is 1.36 bits per heavy atom. The van der Waals surface area contributed by atoms with Crippen LogP contribution < -0.4 is 5.73 Å². The Kier molecular flexibility index (Phi) is 2.04. The fourth-order valence-electron chi connectivity index (χ4n) is 1.63. The third-order valence-corrected chi connectivity index (χ3v) is 2.34. The number of carbonyl (C=O) groups is 2. The minimum Gasteiger partial charge on any atom is -0.364 e. The third-order valence-electron chi connectivity index (χ3n) is 2.34. The molecule has 0 saturated heterocycles. The molecular weight excluding hydrogens is 180 g/mol. The van der Waals surface area contributed by atoms with E-state index >= 15 is 0 Å². The predicted molar refractivity (Wildman–Crippen MR) is 50.0 cm³/mol. The summed E-state index contributed by atoms with van der Waals surface area (Å²) in [6.45, 7) is 0. The molecule has 0 radical (unpaired) electrons. The van der Waals surface area contributed by atoms with E-state index in [4.69, 9.17) is 5.73 Å². The fourth-order valence-corrected chi connectivity index (χ4v) is 1.63. The number of nitrogens with two attached hydrogens (primary N) is 1. The van der Waals surface area contributed by atoms with Gasteiger partial charge in [-0.1, -0.05) is 0 Å². The van der Waals surface area contributed by atoms with E-state index in [1.165, 1.54) is 6.07 Å². The summed E-state index contributed by atoms with van der Waals surface area (Å²) in [4.78, 5) is 26.3. The highest BCUT2D eigenvalue weighted by Crippen LogP contribution is 2.19. The number of ketones is 1. The summed E-state index contributed by atoms with van der Waals surface area (Å²) in [6, 6.07) is 3.15. The minimum absolute atomic E-state index is 0.106. The summed E-state index contributed by atoms with van der Waals surface area (Å²) >= 11 is 0. The molecule has 2 N–H and O–H groups in total. The van der Waals surface area contributed by atoms with E-state index in [0.29, 0.717) is 17.7 Å². The van der Waals surface area contributed by atoms with Crippen molar-refractivity contribution in [3.05, 3.63) is 29.1 Å². The van der Waals surface area contributed by atoms with Crippen molar-refractivity contribution in [3.8, 4) is 0 Å². The maximum atomic E-state index is 11.4. The second-order valence-electron chi connectivity index (χ2n) is 3.33. The van der Waals surface area contributed by atoms with Gasteiger partial charge in [-0.25, -0.2) is 4.98 Å². The number of hydrogen-bond acceptors (Lipinski definition) is 3. The van der Waals surface area contributed by atoms with Gasteiger partial charge in [-0.05, 0) is 25.0 Å². The van der Waals surface area contributed by atoms with Gasteiger partial charge in [0.25, 0.3) is 5.91 Å². The second kappa shape index (κ2) is 3.21. The van der Waals surface area contributed by atoms with Gasteiger partial charge >= 0.3 is 0 Å². The van der Waals surface area contributed by atoms with Gasteiger partial charge in [0.15, 0.2) is 5.78 Å². The Balaban J connectivity index is 2.49. The number of nitrogens with zero attached hydrogens (tertiary/aromatic N) is 1. The van der Waals surface area contributed by atoms with Gasteiger partial charge in [0.1, 0.15) is 5.69 Å². The van der Waals surface area contributed by atoms with Gasteiger partial charge < -0.3 is 5.73 Å². The lowest BCUT2D eigenvalue weighted by Crippen LogP contribution is -2.18. The number of Topliss-reactive ketones (excluding diaryl/α,β-unsaturated/α-hetero) is 1. The Morgan fingerprint density at radius 2 is 2.14 bits per heavy atom. The van der Waals surface area contributed by atoms with Crippen LogP contribution >= 0.6 is 0 Å². The van der Waals surface area contributed by atoms with Crippen molar-refractivity contribution >= 4 is 11.7 Å². The highest BCUT2D eigenvalue weighted by atomic mass is 16.1. The van der Waals surface area contributed by atoms with Crippen LogP contribution in [-0.2, 0) is 6.42 Å². The normalized spacial score (nSPS) is 15.0. The molecule has 0 bridgehead atoms. The highest BCUT2D eigenvalue weighted by molar-refractivity contribution is 5.99. The first-order chi connectivity index (χ1) is 6.68. The lowest BCUT2D eigenvalue weighted by molar-refractivity contribution is 0.0964. The van der Waals surface area contributed by atoms with Crippen LogP contribution in [0.15, 0.2) is 12.1 Å². The van der Waals surface area contributed by atoms with Gasteiger partial charge in [0.05, 0.1) is 5.69 Å². The molecule has 14 heavy (non-hydrogen) atoms. The molecule has 0 spiro atoms. The SMILES string of the molecule is NC(=O)c1ccc2c(n1)CCCC2=O. The van der Waals surface area contributed by atoms with Gasteiger partial charge in [-0.2, -0.15) is 0 Å². The number of fused-ring (bicyclic) bond motifs is 1. The van der Waals surface area contributed by atoms with Crippen molar-refractivity contribution in [1.29, 1.82) is 0 Å². The van der Waals surface area contributed by atoms with Crippen molar-refractivity contribution in [1.82, 2.24) is 4.98 Å². The monoisotopic (exact) mass is 190 g/mol. The topological polar surface area (TPSA) is 73.1 Å². The molecule has 72 valence electrons. The van der Waals surface area contributed by atoms with E-state index in [9.17, 15) is 9.59 Å². The zero-order chi connectivity index (χ0) is 10.1. The van der Waals surface area contributed by atoms with Crippen molar-refractivity contribution in [2.24, 2.45) is 5.73 Å². The molecule has 2 rings (SSSR count). The summed E-state index contributed by atoms with van der Waals surface area (Å²) in [7, 11) is 0.